The average molecular weight is 223 g/mol. The number of likely N-dealkylation sites (tertiary alicyclic amines) is 1. The minimum absolute atomic E-state index is 0.349. The summed E-state index contributed by atoms with van der Waals surface area (Å²) in [5.41, 5.74) is 0. The van der Waals surface area contributed by atoms with Crippen molar-refractivity contribution in [1.29, 1.82) is 0 Å². The molecule has 0 aromatic carbocycles. The van der Waals surface area contributed by atoms with Crippen LogP contribution in [0, 0.1) is 11.8 Å². The molecule has 2 unspecified atom stereocenters. The lowest BCUT2D eigenvalue weighted by Gasteiger charge is -2.40. The van der Waals surface area contributed by atoms with Crippen LogP contribution in [-0.2, 0) is 4.79 Å². The number of hydrogen-bond donors (Lipinski definition) is 0. The molecule has 16 heavy (non-hydrogen) atoms. The molecule has 1 aliphatic carbocycles. The van der Waals surface area contributed by atoms with Crippen LogP contribution in [0.5, 0.6) is 0 Å². The SMILES string of the molecule is CCC1CCCC(N2CCC(C=O)CC2)C1. The number of piperidine rings is 1. The third-order valence-corrected chi connectivity index (χ3v) is 4.62. The lowest BCUT2D eigenvalue weighted by Crippen LogP contribution is -2.43. The van der Waals surface area contributed by atoms with E-state index in [1.807, 2.05) is 0 Å². The molecule has 1 heterocycles. The van der Waals surface area contributed by atoms with Gasteiger partial charge in [-0.05, 0) is 44.7 Å². The van der Waals surface area contributed by atoms with E-state index in [2.05, 4.69) is 11.8 Å². The zero-order valence-electron chi connectivity index (χ0n) is 10.5. The van der Waals surface area contributed by atoms with Gasteiger partial charge in [-0.15, -0.1) is 0 Å². The van der Waals surface area contributed by atoms with Gasteiger partial charge in [0, 0.05) is 12.0 Å². The molecule has 2 fully saturated rings. The van der Waals surface area contributed by atoms with Crippen molar-refractivity contribution >= 4 is 6.29 Å². The fourth-order valence-corrected chi connectivity index (χ4v) is 3.39. The number of carbonyl (C=O) groups excluding carboxylic acids is 1. The van der Waals surface area contributed by atoms with Crippen LogP contribution in [0.25, 0.3) is 0 Å². The van der Waals surface area contributed by atoms with Gasteiger partial charge < -0.3 is 9.69 Å². The first-order valence-corrected chi connectivity index (χ1v) is 7.02. The highest BCUT2D eigenvalue weighted by molar-refractivity contribution is 5.53. The fourth-order valence-electron chi connectivity index (χ4n) is 3.39. The van der Waals surface area contributed by atoms with Crippen molar-refractivity contribution in [3.63, 3.8) is 0 Å². The summed E-state index contributed by atoms with van der Waals surface area (Å²) in [5.74, 6) is 1.31. The standard InChI is InChI=1S/C14H25NO/c1-2-12-4-3-5-14(10-12)15-8-6-13(11-16)7-9-15/h11-14H,2-10H2,1H3. The maximum absolute atomic E-state index is 10.7. The largest absolute Gasteiger partial charge is 0.303 e. The van der Waals surface area contributed by atoms with E-state index in [1.54, 1.807) is 0 Å². The summed E-state index contributed by atoms with van der Waals surface area (Å²) in [6.45, 7) is 4.64. The summed E-state index contributed by atoms with van der Waals surface area (Å²) >= 11 is 0. The van der Waals surface area contributed by atoms with Crippen LogP contribution in [0.15, 0.2) is 0 Å². The Balaban J connectivity index is 1.81. The molecule has 2 nitrogen and oxygen atoms in total. The smallest absolute Gasteiger partial charge is 0.123 e. The van der Waals surface area contributed by atoms with Gasteiger partial charge in [-0.3, -0.25) is 0 Å². The molecule has 2 aliphatic rings. The monoisotopic (exact) mass is 223 g/mol. The number of rotatable bonds is 3. The highest BCUT2D eigenvalue weighted by atomic mass is 16.1. The van der Waals surface area contributed by atoms with Crippen molar-refractivity contribution in [2.45, 2.75) is 57.9 Å². The Morgan fingerprint density at radius 3 is 2.56 bits per heavy atom. The van der Waals surface area contributed by atoms with Gasteiger partial charge in [-0.2, -0.15) is 0 Å². The Morgan fingerprint density at radius 1 is 1.19 bits per heavy atom. The van der Waals surface area contributed by atoms with Crippen LogP contribution in [-0.4, -0.2) is 30.3 Å². The molecule has 1 saturated carbocycles. The first-order valence-electron chi connectivity index (χ1n) is 7.02. The lowest BCUT2D eigenvalue weighted by atomic mass is 9.82. The predicted octanol–water partition coefficient (Wildman–Crippen LogP) is 2.87. The van der Waals surface area contributed by atoms with Crippen molar-refractivity contribution in [2.24, 2.45) is 11.8 Å². The van der Waals surface area contributed by atoms with E-state index in [1.165, 1.54) is 32.1 Å². The minimum atomic E-state index is 0.349. The third kappa shape index (κ3) is 2.85. The molecule has 0 N–H and O–H groups in total. The van der Waals surface area contributed by atoms with Crippen LogP contribution in [0.2, 0.25) is 0 Å². The molecule has 0 bridgehead atoms. The van der Waals surface area contributed by atoms with E-state index in [-0.39, 0.29) is 0 Å². The molecule has 92 valence electrons. The molecule has 2 rings (SSSR count). The first-order chi connectivity index (χ1) is 7.83. The molecule has 2 atom stereocenters. The zero-order chi connectivity index (χ0) is 11.4. The normalized spacial score (nSPS) is 33.8. The Kier molecular flexibility index (Phi) is 4.39. The van der Waals surface area contributed by atoms with E-state index < -0.39 is 0 Å². The summed E-state index contributed by atoms with van der Waals surface area (Å²) in [6.07, 6.45) is 10.3. The van der Waals surface area contributed by atoms with Gasteiger partial charge in [-0.1, -0.05) is 26.2 Å². The number of aldehydes is 1. The summed E-state index contributed by atoms with van der Waals surface area (Å²) in [7, 11) is 0. The van der Waals surface area contributed by atoms with E-state index in [4.69, 9.17) is 0 Å². The van der Waals surface area contributed by atoms with Gasteiger partial charge in [0.2, 0.25) is 0 Å². The van der Waals surface area contributed by atoms with Gasteiger partial charge in [0.25, 0.3) is 0 Å². The van der Waals surface area contributed by atoms with Crippen LogP contribution in [0.1, 0.15) is 51.9 Å². The lowest BCUT2D eigenvalue weighted by molar-refractivity contribution is -0.112. The van der Waals surface area contributed by atoms with Gasteiger partial charge in [0.05, 0.1) is 0 Å². The average Bonchev–Trinajstić information content (AvgIpc) is 2.39. The van der Waals surface area contributed by atoms with E-state index in [0.29, 0.717) is 5.92 Å². The maximum atomic E-state index is 10.7. The highest BCUT2D eigenvalue weighted by Crippen LogP contribution is 2.31. The Morgan fingerprint density at radius 2 is 1.94 bits per heavy atom. The molecule has 0 aromatic rings. The van der Waals surface area contributed by atoms with Gasteiger partial charge in [0.15, 0.2) is 0 Å². The van der Waals surface area contributed by atoms with Crippen molar-refractivity contribution < 1.29 is 4.79 Å². The van der Waals surface area contributed by atoms with Gasteiger partial charge in [-0.25, -0.2) is 0 Å². The quantitative estimate of drug-likeness (QED) is 0.686. The van der Waals surface area contributed by atoms with Crippen LogP contribution >= 0.6 is 0 Å². The highest BCUT2D eigenvalue weighted by Gasteiger charge is 2.28. The van der Waals surface area contributed by atoms with Crippen LogP contribution in [0.3, 0.4) is 0 Å². The predicted molar refractivity (Wildman–Crippen MR) is 66.4 cm³/mol. The summed E-state index contributed by atoms with van der Waals surface area (Å²) in [4.78, 5) is 13.4. The van der Waals surface area contributed by atoms with E-state index in [0.717, 1.165) is 44.2 Å². The number of carbonyl (C=O) groups is 1. The molecule has 0 spiro atoms. The first kappa shape index (κ1) is 12.1. The molecular formula is C14H25NO. The van der Waals surface area contributed by atoms with Crippen molar-refractivity contribution in [3.05, 3.63) is 0 Å². The van der Waals surface area contributed by atoms with Gasteiger partial charge >= 0.3 is 0 Å². The molecular weight excluding hydrogens is 198 g/mol. The summed E-state index contributed by atoms with van der Waals surface area (Å²) in [6, 6.07) is 0.825. The van der Waals surface area contributed by atoms with Crippen LogP contribution in [0.4, 0.5) is 0 Å². The van der Waals surface area contributed by atoms with Crippen molar-refractivity contribution in [2.75, 3.05) is 13.1 Å². The number of hydrogen-bond acceptors (Lipinski definition) is 2. The fraction of sp³-hybridized carbons (Fsp3) is 0.929. The third-order valence-electron chi connectivity index (χ3n) is 4.62. The summed E-state index contributed by atoms with van der Waals surface area (Å²) < 4.78 is 0. The van der Waals surface area contributed by atoms with Gasteiger partial charge in [0.1, 0.15) is 6.29 Å². The molecule has 2 heteroatoms. The minimum Gasteiger partial charge on any atom is -0.303 e. The van der Waals surface area contributed by atoms with Crippen LogP contribution < -0.4 is 0 Å². The molecule has 0 amide bonds. The number of nitrogens with zero attached hydrogens (tertiary/aromatic N) is 1. The zero-order valence-corrected chi connectivity index (χ0v) is 10.5. The molecule has 0 aromatic heterocycles. The second-order valence-corrected chi connectivity index (χ2v) is 5.60. The van der Waals surface area contributed by atoms with Crippen molar-refractivity contribution in [3.8, 4) is 0 Å². The van der Waals surface area contributed by atoms with E-state index in [9.17, 15) is 4.79 Å². The maximum Gasteiger partial charge on any atom is 0.123 e. The second kappa shape index (κ2) is 5.81. The molecule has 1 aliphatic heterocycles. The van der Waals surface area contributed by atoms with Crippen molar-refractivity contribution in [1.82, 2.24) is 4.90 Å². The Hall–Kier alpha value is -0.370. The Bertz CT molecular complexity index is 221. The second-order valence-electron chi connectivity index (χ2n) is 5.60. The summed E-state index contributed by atoms with van der Waals surface area (Å²) in [5, 5.41) is 0. The topological polar surface area (TPSA) is 20.3 Å². The Labute approximate surface area is 99.4 Å². The van der Waals surface area contributed by atoms with E-state index >= 15 is 0 Å². The molecule has 0 radical (unpaired) electrons. The molecule has 1 saturated heterocycles.